The molecular formula is C21H22N2O5S. The number of anilines is 1. The van der Waals surface area contributed by atoms with Gasteiger partial charge in [0.1, 0.15) is 15.5 Å². The van der Waals surface area contributed by atoms with E-state index in [1.807, 2.05) is 13.0 Å². The molecule has 3 rings (SSSR count). The molecule has 1 N–H and O–H groups in total. The molecule has 7 nitrogen and oxygen atoms in total. The van der Waals surface area contributed by atoms with Crippen LogP contribution in [0.25, 0.3) is 10.2 Å². The Morgan fingerprint density at radius 1 is 1.17 bits per heavy atom. The molecular weight excluding hydrogens is 392 g/mol. The Hall–Kier alpha value is -2.97. The van der Waals surface area contributed by atoms with Gasteiger partial charge in [-0.3, -0.25) is 4.79 Å². The van der Waals surface area contributed by atoms with Crippen molar-refractivity contribution in [3.63, 3.8) is 0 Å². The lowest BCUT2D eigenvalue weighted by Crippen LogP contribution is -2.15. The lowest BCUT2D eigenvalue weighted by molar-refractivity contribution is 0.0533. The van der Waals surface area contributed by atoms with E-state index >= 15 is 0 Å². The number of pyridine rings is 1. The number of fused-ring (bicyclic) bond motifs is 1. The summed E-state index contributed by atoms with van der Waals surface area (Å²) in [6.45, 7) is 4.16. The van der Waals surface area contributed by atoms with Crippen LogP contribution < -0.4 is 10.1 Å². The van der Waals surface area contributed by atoms with Crippen molar-refractivity contribution in [3.05, 3.63) is 52.0 Å². The second-order valence-electron chi connectivity index (χ2n) is 6.25. The molecule has 0 saturated carbocycles. The van der Waals surface area contributed by atoms with Crippen LogP contribution in [0.1, 0.15) is 38.2 Å². The summed E-state index contributed by atoms with van der Waals surface area (Å²) in [5, 5.41) is 3.57. The van der Waals surface area contributed by atoms with Crippen LogP contribution in [0.2, 0.25) is 0 Å². The highest BCUT2D eigenvalue weighted by Gasteiger charge is 2.24. The highest BCUT2D eigenvalue weighted by molar-refractivity contribution is 7.21. The molecule has 0 spiro atoms. The lowest BCUT2D eigenvalue weighted by atomic mass is 10.1. The van der Waals surface area contributed by atoms with Gasteiger partial charge in [0.15, 0.2) is 0 Å². The first-order valence-corrected chi connectivity index (χ1v) is 9.84. The second kappa shape index (κ2) is 9.02. The van der Waals surface area contributed by atoms with Crippen molar-refractivity contribution in [1.82, 2.24) is 4.98 Å². The molecule has 0 radical (unpaired) electrons. The van der Waals surface area contributed by atoms with Gasteiger partial charge in [0.25, 0.3) is 5.91 Å². The number of benzene rings is 1. The second-order valence-corrected chi connectivity index (χ2v) is 7.24. The summed E-state index contributed by atoms with van der Waals surface area (Å²) in [4.78, 5) is 30.9. The van der Waals surface area contributed by atoms with E-state index in [0.717, 1.165) is 11.3 Å². The minimum atomic E-state index is -0.499. The van der Waals surface area contributed by atoms with Crippen molar-refractivity contribution in [1.29, 1.82) is 0 Å². The largest absolute Gasteiger partial charge is 0.497 e. The number of thiophene rings is 1. The standard InChI is InChI=1S/C21H22N2O5S/c1-5-28-21(25)18-17(23-19(24)13-6-8-15(27-4)9-7-13)16-14(11-26-3)10-12(2)22-20(16)29-18/h6-10H,5,11H2,1-4H3,(H,23,24). The first-order valence-electron chi connectivity index (χ1n) is 9.03. The minimum Gasteiger partial charge on any atom is -0.497 e. The van der Waals surface area contributed by atoms with Gasteiger partial charge < -0.3 is 19.5 Å². The number of carbonyl (C=O) groups is 2. The summed E-state index contributed by atoms with van der Waals surface area (Å²) in [5.74, 6) is -0.194. The Kier molecular flexibility index (Phi) is 6.46. The van der Waals surface area contributed by atoms with Gasteiger partial charge in [0.2, 0.25) is 0 Å². The van der Waals surface area contributed by atoms with Crippen LogP contribution in [-0.4, -0.2) is 37.7 Å². The first-order chi connectivity index (χ1) is 14.0. The van der Waals surface area contributed by atoms with E-state index < -0.39 is 5.97 Å². The van der Waals surface area contributed by atoms with Gasteiger partial charge in [-0.25, -0.2) is 9.78 Å². The Bertz CT molecular complexity index is 1040. The number of hydrogen-bond acceptors (Lipinski definition) is 7. The topological polar surface area (TPSA) is 86.8 Å². The lowest BCUT2D eigenvalue weighted by Gasteiger charge is -2.10. The number of methoxy groups -OCH3 is 2. The summed E-state index contributed by atoms with van der Waals surface area (Å²) >= 11 is 1.19. The van der Waals surface area contributed by atoms with Crippen molar-refractivity contribution in [2.45, 2.75) is 20.5 Å². The van der Waals surface area contributed by atoms with Gasteiger partial charge in [0, 0.05) is 23.8 Å². The molecule has 0 saturated heterocycles. The summed E-state index contributed by atoms with van der Waals surface area (Å²) in [6, 6.07) is 8.61. The van der Waals surface area contributed by atoms with E-state index in [-0.39, 0.29) is 12.5 Å². The molecule has 0 bridgehead atoms. The zero-order valence-electron chi connectivity index (χ0n) is 16.7. The number of amides is 1. The van der Waals surface area contributed by atoms with Crippen molar-refractivity contribution in [2.75, 3.05) is 26.1 Å². The molecule has 0 atom stereocenters. The molecule has 2 aromatic heterocycles. The molecule has 29 heavy (non-hydrogen) atoms. The smallest absolute Gasteiger partial charge is 0.350 e. The van der Waals surface area contributed by atoms with Crippen LogP contribution in [0, 0.1) is 6.92 Å². The van der Waals surface area contributed by atoms with Gasteiger partial charge in [-0.1, -0.05) is 0 Å². The highest BCUT2D eigenvalue weighted by atomic mass is 32.1. The molecule has 3 aromatic rings. The van der Waals surface area contributed by atoms with Crippen LogP contribution in [0.5, 0.6) is 5.75 Å². The van der Waals surface area contributed by atoms with E-state index in [9.17, 15) is 9.59 Å². The highest BCUT2D eigenvalue weighted by Crippen LogP contribution is 2.38. The normalized spacial score (nSPS) is 10.8. The Labute approximate surface area is 172 Å². The molecule has 0 aliphatic heterocycles. The average Bonchev–Trinajstić information content (AvgIpc) is 3.06. The van der Waals surface area contributed by atoms with Crippen molar-refractivity contribution >= 4 is 39.1 Å². The first kappa shape index (κ1) is 20.8. The molecule has 0 fully saturated rings. The summed E-state index contributed by atoms with van der Waals surface area (Å²) in [5.41, 5.74) is 2.47. The number of aromatic nitrogens is 1. The SMILES string of the molecule is CCOC(=O)c1sc2nc(C)cc(COC)c2c1NC(=O)c1ccc(OC)cc1. The van der Waals surface area contributed by atoms with Crippen LogP contribution in [0.4, 0.5) is 5.69 Å². The molecule has 0 aliphatic carbocycles. The minimum absolute atomic E-state index is 0.232. The van der Waals surface area contributed by atoms with E-state index in [4.69, 9.17) is 14.2 Å². The summed E-state index contributed by atoms with van der Waals surface area (Å²) in [6.07, 6.45) is 0. The third-order valence-corrected chi connectivity index (χ3v) is 5.29. The third-order valence-electron chi connectivity index (χ3n) is 4.22. The Morgan fingerprint density at radius 3 is 2.52 bits per heavy atom. The van der Waals surface area contributed by atoms with Gasteiger partial charge in [-0.15, -0.1) is 11.3 Å². The fraction of sp³-hybridized carbons (Fsp3) is 0.286. The van der Waals surface area contributed by atoms with Crippen LogP contribution in [0.3, 0.4) is 0 Å². The molecule has 0 aliphatic rings. The van der Waals surface area contributed by atoms with Crippen LogP contribution >= 0.6 is 11.3 Å². The fourth-order valence-electron chi connectivity index (χ4n) is 2.97. The van der Waals surface area contributed by atoms with Gasteiger partial charge in [-0.05, 0) is 49.7 Å². The van der Waals surface area contributed by atoms with Gasteiger partial charge in [-0.2, -0.15) is 0 Å². The number of nitrogens with one attached hydrogen (secondary N) is 1. The molecule has 1 aromatic carbocycles. The van der Waals surface area contributed by atoms with E-state index in [0.29, 0.717) is 38.7 Å². The van der Waals surface area contributed by atoms with Gasteiger partial charge in [0.05, 0.1) is 26.0 Å². The Balaban J connectivity index is 2.10. The van der Waals surface area contributed by atoms with Crippen molar-refractivity contribution in [2.24, 2.45) is 0 Å². The van der Waals surface area contributed by atoms with Crippen LogP contribution in [0.15, 0.2) is 30.3 Å². The van der Waals surface area contributed by atoms with Gasteiger partial charge >= 0.3 is 5.97 Å². The zero-order valence-corrected chi connectivity index (χ0v) is 17.5. The number of ether oxygens (including phenoxy) is 3. The zero-order chi connectivity index (χ0) is 21.0. The molecule has 0 unspecified atom stereocenters. The number of aryl methyl sites for hydroxylation is 1. The monoisotopic (exact) mass is 414 g/mol. The predicted octanol–water partition coefficient (Wildman–Crippen LogP) is 4.19. The third kappa shape index (κ3) is 4.38. The van der Waals surface area contributed by atoms with Crippen LogP contribution in [-0.2, 0) is 16.1 Å². The number of esters is 1. The molecule has 152 valence electrons. The molecule has 2 heterocycles. The number of carbonyl (C=O) groups excluding carboxylic acids is 2. The van der Waals surface area contributed by atoms with E-state index in [1.54, 1.807) is 45.4 Å². The maximum Gasteiger partial charge on any atom is 0.350 e. The maximum atomic E-state index is 12.9. The van der Waals surface area contributed by atoms with E-state index in [1.165, 1.54) is 11.3 Å². The maximum absolute atomic E-state index is 12.9. The van der Waals surface area contributed by atoms with Crippen molar-refractivity contribution in [3.8, 4) is 5.75 Å². The number of hydrogen-bond donors (Lipinski definition) is 1. The molecule has 8 heteroatoms. The Morgan fingerprint density at radius 2 is 1.90 bits per heavy atom. The van der Waals surface area contributed by atoms with E-state index in [2.05, 4.69) is 10.3 Å². The number of nitrogens with zero attached hydrogens (tertiary/aromatic N) is 1. The average molecular weight is 414 g/mol. The predicted molar refractivity (Wildman–Crippen MR) is 112 cm³/mol. The summed E-state index contributed by atoms with van der Waals surface area (Å²) < 4.78 is 15.6. The fourth-order valence-corrected chi connectivity index (χ4v) is 4.09. The molecule has 1 amide bonds. The summed E-state index contributed by atoms with van der Waals surface area (Å²) in [7, 11) is 3.15. The number of rotatable bonds is 7. The van der Waals surface area contributed by atoms with Crippen molar-refractivity contribution < 1.29 is 23.8 Å². The quantitative estimate of drug-likeness (QED) is 0.584.